The summed E-state index contributed by atoms with van der Waals surface area (Å²) in [6.45, 7) is 9.64. The van der Waals surface area contributed by atoms with Gasteiger partial charge in [-0.05, 0) is 43.4 Å². The molecule has 0 unspecified atom stereocenters. The Hall–Kier alpha value is -1.02. The van der Waals surface area contributed by atoms with Crippen molar-refractivity contribution in [3.8, 4) is 5.75 Å². The summed E-state index contributed by atoms with van der Waals surface area (Å²) in [7, 11) is 0. The zero-order valence-electron chi connectivity index (χ0n) is 11.6. The molecular formula is C15H26NO+. The maximum absolute atomic E-state index is 5.66. The minimum atomic E-state index is 0.238. The second-order valence-electron chi connectivity index (χ2n) is 5.23. The monoisotopic (exact) mass is 236 g/mol. The van der Waals surface area contributed by atoms with Gasteiger partial charge in [-0.2, -0.15) is 0 Å². The van der Waals surface area contributed by atoms with Crippen LogP contribution in [0.25, 0.3) is 0 Å². The van der Waals surface area contributed by atoms with Gasteiger partial charge in [0, 0.05) is 6.42 Å². The highest BCUT2D eigenvalue weighted by atomic mass is 16.5. The lowest BCUT2D eigenvalue weighted by Crippen LogP contribution is -2.50. The van der Waals surface area contributed by atoms with Crippen LogP contribution in [0.1, 0.15) is 45.6 Å². The first-order valence-corrected chi connectivity index (χ1v) is 6.60. The molecule has 1 rings (SSSR count). The molecule has 0 saturated carbocycles. The summed E-state index contributed by atoms with van der Waals surface area (Å²) in [6.07, 6.45) is 1.39. The molecule has 2 nitrogen and oxygen atoms in total. The molecule has 0 saturated heterocycles. The quantitative estimate of drug-likeness (QED) is 0.810. The fraction of sp³-hybridized carbons (Fsp3) is 0.600. The zero-order valence-corrected chi connectivity index (χ0v) is 11.6. The van der Waals surface area contributed by atoms with Crippen LogP contribution in [0.3, 0.4) is 0 Å². The Labute approximate surface area is 105 Å². The van der Waals surface area contributed by atoms with E-state index >= 15 is 0 Å². The van der Waals surface area contributed by atoms with Crippen molar-refractivity contribution >= 4 is 0 Å². The molecule has 3 N–H and O–H groups in total. The lowest BCUT2D eigenvalue weighted by atomic mass is 9.86. The number of ether oxygens (including phenoxy) is 1. The van der Waals surface area contributed by atoms with Crippen molar-refractivity contribution in [1.82, 2.24) is 0 Å². The van der Waals surface area contributed by atoms with E-state index in [1.165, 1.54) is 5.56 Å². The third-order valence-electron chi connectivity index (χ3n) is 3.00. The van der Waals surface area contributed by atoms with Crippen LogP contribution in [-0.4, -0.2) is 12.6 Å². The minimum absolute atomic E-state index is 0.238. The Balaban J connectivity index is 2.77. The molecule has 0 amide bonds. The van der Waals surface area contributed by atoms with Gasteiger partial charge in [0.15, 0.2) is 0 Å². The molecule has 17 heavy (non-hydrogen) atoms. The van der Waals surface area contributed by atoms with Crippen LogP contribution in [0.4, 0.5) is 0 Å². The van der Waals surface area contributed by atoms with Crippen molar-refractivity contribution in [2.45, 2.75) is 46.1 Å². The normalized spacial score (nSPS) is 13.1. The summed E-state index contributed by atoms with van der Waals surface area (Å²) >= 11 is 0. The maximum Gasteiger partial charge on any atom is 0.119 e. The first-order valence-electron chi connectivity index (χ1n) is 6.60. The Morgan fingerprint density at radius 2 is 1.65 bits per heavy atom. The topological polar surface area (TPSA) is 36.9 Å². The number of hydrogen-bond acceptors (Lipinski definition) is 1. The zero-order chi connectivity index (χ0) is 12.8. The highest BCUT2D eigenvalue weighted by molar-refractivity contribution is 5.29. The van der Waals surface area contributed by atoms with Gasteiger partial charge in [-0.1, -0.05) is 26.0 Å². The minimum Gasteiger partial charge on any atom is -0.491 e. The van der Waals surface area contributed by atoms with Gasteiger partial charge in [-0.25, -0.2) is 0 Å². The van der Waals surface area contributed by atoms with E-state index in [4.69, 9.17) is 4.74 Å². The molecule has 0 fully saturated rings. The van der Waals surface area contributed by atoms with E-state index < -0.39 is 0 Å². The summed E-state index contributed by atoms with van der Waals surface area (Å²) in [5, 5.41) is 0. The SMILES string of the molecule is CC(C)Oc1ccc([C@@H](CC[NH3+])C(C)C)cc1. The molecule has 2 heteroatoms. The van der Waals surface area contributed by atoms with Gasteiger partial charge >= 0.3 is 0 Å². The van der Waals surface area contributed by atoms with Crippen LogP contribution in [0.5, 0.6) is 5.75 Å². The van der Waals surface area contributed by atoms with Gasteiger partial charge in [0.2, 0.25) is 0 Å². The molecule has 1 aromatic carbocycles. The molecule has 1 atom stereocenters. The van der Waals surface area contributed by atoms with Crippen LogP contribution in [0.2, 0.25) is 0 Å². The van der Waals surface area contributed by atoms with Gasteiger partial charge in [0.05, 0.1) is 12.6 Å². The van der Waals surface area contributed by atoms with Gasteiger partial charge in [-0.3, -0.25) is 0 Å². The van der Waals surface area contributed by atoms with E-state index in [9.17, 15) is 0 Å². The molecule has 0 heterocycles. The largest absolute Gasteiger partial charge is 0.491 e. The molecule has 0 radical (unpaired) electrons. The smallest absolute Gasteiger partial charge is 0.119 e. The van der Waals surface area contributed by atoms with E-state index in [0.717, 1.165) is 18.7 Å². The Kier molecular flexibility index (Phi) is 5.49. The summed E-state index contributed by atoms with van der Waals surface area (Å²) < 4.78 is 5.66. The van der Waals surface area contributed by atoms with E-state index in [0.29, 0.717) is 11.8 Å². The van der Waals surface area contributed by atoms with Crippen LogP contribution < -0.4 is 10.5 Å². The maximum atomic E-state index is 5.66. The number of benzene rings is 1. The highest BCUT2D eigenvalue weighted by Gasteiger charge is 2.15. The second-order valence-corrected chi connectivity index (χ2v) is 5.23. The lowest BCUT2D eigenvalue weighted by Gasteiger charge is -2.20. The van der Waals surface area contributed by atoms with Crippen molar-refractivity contribution in [2.24, 2.45) is 5.92 Å². The van der Waals surface area contributed by atoms with E-state index in [1.807, 2.05) is 13.8 Å². The van der Waals surface area contributed by atoms with Crippen molar-refractivity contribution < 1.29 is 10.5 Å². The van der Waals surface area contributed by atoms with Gasteiger partial charge < -0.3 is 10.5 Å². The van der Waals surface area contributed by atoms with Crippen molar-refractivity contribution in [3.63, 3.8) is 0 Å². The Morgan fingerprint density at radius 3 is 2.06 bits per heavy atom. The van der Waals surface area contributed by atoms with E-state index in [2.05, 4.69) is 43.8 Å². The van der Waals surface area contributed by atoms with Crippen molar-refractivity contribution in [3.05, 3.63) is 29.8 Å². The number of quaternary nitrogens is 1. The highest BCUT2D eigenvalue weighted by Crippen LogP contribution is 2.28. The Morgan fingerprint density at radius 1 is 1.06 bits per heavy atom. The van der Waals surface area contributed by atoms with Gasteiger partial charge in [0.1, 0.15) is 5.75 Å². The van der Waals surface area contributed by atoms with E-state index in [1.54, 1.807) is 0 Å². The molecule has 0 spiro atoms. The summed E-state index contributed by atoms with van der Waals surface area (Å²) in [4.78, 5) is 0. The molecule has 96 valence electrons. The van der Waals surface area contributed by atoms with Crippen LogP contribution in [-0.2, 0) is 0 Å². The second kappa shape index (κ2) is 6.65. The molecule has 0 aliphatic heterocycles. The first kappa shape index (κ1) is 14.0. The summed E-state index contributed by atoms with van der Waals surface area (Å²) in [6, 6.07) is 8.54. The van der Waals surface area contributed by atoms with Crippen LogP contribution >= 0.6 is 0 Å². The van der Waals surface area contributed by atoms with Crippen molar-refractivity contribution in [1.29, 1.82) is 0 Å². The predicted molar refractivity (Wildman–Crippen MR) is 72.2 cm³/mol. The third kappa shape index (κ3) is 4.39. The molecular weight excluding hydrogens is 210 g/mol. The first-order chi connectivity index (χ1) is 8.04. The predicted octanol–water partition coefficient (Wildman–Crippen LogP) is 2.85. The van der Waals surface area contributed by atoms with Gasteiger partial charge in [0.25, 0.3) is 0 Å². The molecule has 0 bridgehead atoms. The van der Waals surface area contributed by atoms with Gasteiger partial charge in [-0.15, -0.1) is 0 Å². The molecule has 1 aromatic rings. The number of rotatable bonds is 6. The fourth-order valence-corrected chi connectivity index (χ4v) is 2.17. The van der Waals surface area contributed by atoms with Crippen LogP contribution in [0, 0.1) is 5.92 Å². The van der Waals surface area contributed by atoms with Crippen molar-refractivity contribution in [2.75, 3.05) is 6.54 Å². The Bertz CT molecular complexity index is 316. The summed E-state index contributed by atoms with van der Waals surface area (Å²) in [5.74, 6) is 2.23. The number of hydrogen-bond donors (Lipinski definition) is 1. The van der Waals surface area contributed by atoms with Crippen LogP contribution in [0.15, 0.2) is 24.3 Å². The molecule has 0 aliphatic rings. The van der Waals surface area contributed by atoms with E-state index in [-0.39, 0.29) is 6.10 Å². The average Bonchev–Trinajstić information content (AvgIpc) is 2.26. The standard InChI is InChI=1S/C15H25NO/c1-11(2)15(9-10-16)13-5-7-14(8-6-13)17-12(3)4/h5-8,11-12,15H,9-10,16H2,1-4H3/p+1/t15-/m0/s1. The third-order valence-corrected chi connectivity index (χ3v) is 3.00. The molecule has 0 aliphatic carbocycles. The summed E-state index contributed by atoms with van der Waals surface area (Å²) in [5.41, 5.74) is 5.37. The fourth-order valence-electron chi connectivity index (χ4n) is 2.17. The average molecular weight is 236 g/mol. The lowest BCUT2D eigenvalue weighted by molar-refractivity contribution is -0.369. The molecule has 0 aromatic heterocycles.